The van der Waals surface area contributed by atoms with Crippen molar-refractivity contribution in [3.8, 4) is 0 Å². The lowest BCUT2D eigenvalue weighted by atomic mass is 10.5. The second-order valence-electron chi connectivity index (χ2n) is 6.52. The minimum atomic E-state index is -2.48. The molecule has 0 aliphatic carbocycles. The lowest BCUT2D eigenvalue weighted by molar-refractivity contribution is 0.186. The van der Waals surface area contributed by atoms with E-state index in [2.05, 4.69) is 41.5 Å². The van der Waals surface area contributed by atoms with Crippen LogP contribution in [0.2, 0.25) is 36.3 Å². The van der Waals surface area contributed by atoms with E-state index in [4.69, 9.17) is 68.7 Å². The standard InChI is InChI=1S/2C6H15OSi.C3H2Cl5O.Al/c2*1-4-8(7,5-2)6-3;4-2(5,1-9)3(6,7)8;/h2*4-6H2,1-3H3;1H2;/q3*-1;+3. The Bertz CT molecular complexity index is 367. The fraction of sp³-hybridized carbons (Fsp3) is 1.00. The Morgan fingerprint density at radius 3 is 1.19 bits per heavy atom. The van der Waals surface area contributed by atoms with Crippen molar-refractivity contribution >= 4 is 89.8 Å². The van der Waals surface area contributed by atoms with E-state index in [-0.39, 0.29) is 6.61 Å². The number of hydrogen-bond acceptors (Lipinski definition) is 3. The van der Waals surface area contributed by atoms with Gasteiger partial charge in [-0.3, -0.25) is 0 Å². The van der Waals surface area contributed by atoms with E-state index in [9.17, 15) is 0 Å². The molecule has 156 valence electrons. The third-order valence-corrected chi connectivity index (χ3v) is 21.4. The molecule has 3 nitrogen and oxygen atoms in total. The van der Waals surface area contributed by atoms with Crippen molar-refractivity contribution in [3.63, 3.8) is 0 Å². The number of rotatable bonds is 13. The van der Waals surface area contributed by atoms with E-state index >= 15 is 0 Å². The third-order valence-electron chi connectivity index (χ3n) is 5.37. The fourth-order valence-corrected chi connectivity index (χ4v) is 15.1. The van der Waals surface area contributed by atoms with Gasteiger partial charge in [-0.25, -0.2) is 0 Å². The third kappa shape index (κ3) is 8.20. The van der Waals surface area contributed by atoms with Crippen molar-refractivity contribution < 1.29 is 10.7 Å². The van der Waals surface area contributed by atoms with Crippen LogP contribution >= 0.6 is 58.0 Å². The van der Waals surface area contributed by atoms with E-state index in [1.807, 2.05) is 0 Å². The van der Waals surface area contributed by atoms with Gasteiger partial charge in [0.05, 0.1) is 6.61 Å². The molecule has 11 heteroatoms. The zero-order valence-corrected chi connectivity index (χ0v) is 23.6. The summed E-state index contributed by atoms with van der Waals surface area (Å²) in [7, 11) is -3.82. The number of hydrogen-bond donors (Lipinski definition) is 0. The maximum atomic E-state index is 6.58. The minimum absolute atomic E-state index is 0.146. The van der Waals surface area contributed by atoms with Gasteiger partial charge < -0.3 is 10.7 Å². The molecule has 0 saturated heterocycles. The summed E-state index contributed by atoms with van der Waals surface area (Å²) in [5.74, 6) is 0. The molecule has 0 aromatic rings. The largest absolute Gasteiger partial charge is 0.883 e. The van der Waals surface area contributed by atoms with Crippen molar-refractivity contribution in [3.05, 3.63) is 0 Å². The summed E-state index contributed by atoms with van der Waals surface area (Å²) in [4.78, 5) is 0. The van der Waals surface area contributed by atoms with Crippen LogP contribution in [0.5, 0.6) is 0 Å². The zero-order chi connectivity index (χ0) is 20.6. The predicted octanol–water partition coefficient (Wildman–Crippen LogP) is 7.58. The van der Waals surface area contributed by atoms with E-state index < -0.39 is 39.9 Å². The molecular formula is C15H32AlCl5O3Si2. The van der Waals surface area contributed by atoms with E-state index in [0.29, 0.717) is 0 Å². The summed E-state index contributed by atoms with van der Waals surface area (Å²) < 4.78 is 15.6. The smallest absolute Gasteiger partial charge is 0.499 e. The van der Waals surface area contributed by atoms with Crippen LogP contribution in [-0.2, 0) is 10.7 Å². The van der Waals surface area contributed by atoms with E-state index in [1.54, 1.807) is 0 Å². The minimum Gasteiger partial charge on any atom is -0.499 e. The van der Waals surface area contributed by atoms with Crippen LogP contribution in [0.3, 0.4) is 0 Å². The van der Waals surface area contributed by atoms with Gasteiger partial charge in [-0.05, 0) is 36.3 Å². The molecule has 0 saturated carbocycles. The molecular weight excluding hydrogens is 489 g/mol. The number of alkyl halides is 5. The van der Waals surface area contributed by atoms with Crippen molar-refractivity contribution in [1.29, 1.82) is 0 Å². The fourth-order valence-electron chi connectivity index (χ4n) is 2.75. The second-order valence-corrected chi connectivity index (χ2v) is 22.1. The highest BCUT2D eigenvalue weighted by Crippen LogP contribution is 2.46. The van der Waals surface area contributed by atoms with Gasteiger partial charge in [0.1, 0.15) is 0 Å². The Morgan fingerprint density at radius 2 is 0.962 bits per heavy atom. The quantitative estimate of drug-likeness (QED) is 0.185. The van der Waals surface area contributed by atoms with Crippen molar-refractivity contribution in [2.45, 2.75) is 85.9 Å². The van der Waals surface area contributed by atoms with Gasteiger partial charge >= 0.3 is 15.1 Å². The predicted molar refractivity (Wildman–Crippen MR) is 123 cm³/mol. The van der Waals surface area contributed by atoms with Gasteiger partial charge in [-0.15, -0.1) is 0 Å². The molecule has 0 aliphatic heterocycles. The lowest BCUT2D eigenvalue weighted by Gasteiger charge is -2.37. The van der Waals surface area contributed by atoms with Crippen LogP contribution in [0.1, 0.15) is 41.5 Å². The summed E-state index contributed by atoms with van der Waals surface area (Å²) in [5, 5.41) is 0. The highest BCUT2D eigenvalue weighted by Gasteiger charge is 2.51. The summed E-state index contributed by atoms with van der Waals surface area (Å²) in [5.41, 5.74) is 0. The summed E-state index contributed by atoms with van der Waals surface area (Å²) in [6.07, 6.45) is 0. The van der Waals surface area contributed by atoms with Crippen molar-refractivity contribution in [2.75, 3.05) is 6.61 Å². The maximum Gasteiger partial charge on any atom is 0.883 e. The molecule has 0 aromatic carbocycles. The highest BCUT2D eigenvalue weighted by molar-refractivity contribution is 6.82. The highest BCUT2D eigenvalue weighted by atomic mass is 35.6. The molecule has 0 atom stereocenters. The van der Waals surface area contributed by atoms with Gasteiger partial charge in [-0.2, -0.15) is 0 Å². The SMILES string of the molecule is CC[Si](CC)(CC)[O][Al]([O]CC(Cl)(Cl)C(Cl)(Cl)Cl)[O][Si](CC)(CC)CC. The Kier molecular flexibility index (Phi) is 13.3. The molecule has 0 amide bonds. The molecule has 0 radical (unpaired) electrons. The molecule has 0 fully saturated rings. The lowest BCUT2D eigenvalue weighted by Crippen LogP contribution is -2.52. The average molecular weight is 521 g/mol. The normalized spacial score (nSPS) is 14.0. The van der Waals surface area contributed by atoms with Gasteiger partial charge in [0.25, 0.3) is 0 Å². The molecule has 0 unspecified atom stereocenters. The van der Waals surface area contributed by atoms with E-state index in [0.717, 1.165) is 36.3 Å². The van der Waals surface area contributed by atoms with Crippen LogP contribution < -0.4 is 0 Å². The first-order valence-corrected chi connectivity index (χ1v) is 17.7. The maximum absolute atomic E-state index is 6.58. The average Bonchev–Trinajstić information content (AvgIpc) is 2.61. The van der Waals surface area contributed by atoms with Crippen LogP contribution in [0, 0.1) is 0 Å². The molecule has 26 heavy (non-hydrogen) atoms. The second kappa shape index (κ2) is 12.2. The summed E-state index contributed by atoms with van der Waals surface area (Å²) in [6, 6.07) is 6.04. The van der Waals surface area contributed by atoms with Crippen LogP contribution in [-0.4, -0.2) is 46.5 Å². The zero-order valence-electron chi connectivity index (χ0n) is 16.6. The Labute approximate surface area is 191 Å². The summed E-state index contributed by atoms with van der Waals surface area (Å²) in [6.45, 7) is 12.9. The first kappa shape index (κ1) is 28.3. The van der Waals surface area contributed by atoms with Crippen LogP contribution in [0.25, 0.3) is 0 Å². The van der Waals surface area contributed by atoms with Gasteiger partial charge in [0.15, 0.2) is 21.0 Å². The Hall–Kier alpha value is 2.30. The molecule has 0 N–H and O–H groups in total. The van der Waals surface area contributed by atoms with Crippen molar-refractivity contribution in [1.82, 2.24) is 0 Å². The Morgan fingerprint density at radius 1 is 0.654 bits per heavy atom. The van der Waals surface area contributed by atoms with Gasteiger partial charge in [0, 0.05) is 0 Å². The first-order chi connectivity index (χ1) is 11.9. The molecule has 0 rings (SSSR count). The molecule has 0 bridgehead atoms. The first-order valence-electron chi connectivity index (χ1n) is 9.32. The molecule has 0 spiro atoms. The van der Waals surface area contributed by atoms with Crippen LogP contribution in [0.4, 0.5) is 0 Å². The van der Waals surface area contributed by atoms with Gasteiger partial charge in [0.2, 0.25) is 3.79 Å². The molecule has 0 heterocycles. The van der Waals surface area contributed by atoms with Gasteiger partial charge in [-0.1, -0.05) is 99.5 Å². The Balaban J connectivity index is 5.47. The molecule has 0 aliphatic rings. The topological polar surface area (TPSA) is 27.7 Å². The van der Waals surface area contributed by atoms with Crippen molar-refractivity contribution in [2.24, 2.45) is 0 Å². The molecule has 0 aromatic heterocycles. The number of halogens is 5. The van der Waals surface area contributed by atoms with Crippen LogP contribution in [0.15, 0.2) is 0 Å². The summed E-state index contributed by atoms with van der Waals surface area (Å²) >= 11 is 27.5. The van der Waals surface area contributed by atoms with E-state index in [1.165, 1.54) is 0 Å². The monoisotopic (exact) mass is 518 g/mol.